The van der Waals surface area contributed by atoms with Crippen LogP contribution in [0, 0.1) is 13.8 Å². The topological polar surface area (TPSA) is 50.9 Å². The number of aromatic nitrogens is 3. The standard InChI is InChI=1S/C55H55N3O/c1-34(2)37-20-22-38(23-21-37)40-25-26-56-48(33-40)42-30-41(31-43(32-42)54(5,6)7)44-17-14-18-50-51(44)57-53(46-28-36(4)29-47(52(46)59)55(8,9)10)58(50)49-24-19-35(3)27-45(49)39-15-12-11-13-16-39/h11-34,59H,1-10H3/i34D. The Morgan fingerprint density at radius 3 is 2.00 bits per heavy atom. The van der Waals surface area contributed by atoms with Gasteiger partial charge >= 0.3 is 0 Å². The first-order chi connectivity index (χ1) is 28.4. The van der Waals surface area contributed by atoms with Crippen molar-refractivity contribution in [3.63, 3.8) is 0 Å². The largest absolute Gasteiger partial charge is 0.507 e. The van der Waals surface area contributed by atoms with Crippen molar-refractivity contribution in [1.29, 1.82) is 0 Å². The van der Waals surface area contributed by atoms with E-state index in [1.807, 2.05) is 32.2 Å². The lowest BCUT2D eigenvalue weighted by atomic mass is 9.83. The van der Waals surface area contributed by atoms with Gasteiger partial charge in [-0.2, -0.15) is 0 Å². The van der Waals surface area contributed by atoms with Crippen molar-refractivity contribution in [3.8, 4) is 67.5 Å². The van der Waals surface area contributed by atoms with Gasteiger partial charge < -0.3 is 5.11 Å². The Morgan fingerprint density at radius 1 is 0.593 bits per heavy atom. The monoisotopic (exact) mass is 774 g/mol. The number of aromatic hydroxyl groups is 1. The van der Waals surface area contributed by atoms with E-state index in [1.165, 1.54) is 5.56 Å². The van der Waals surface area contributed by atoms with Crippen molar-refractivity contribution >= 4 is 11.0 Å². The minimum absolute atomic E-state index is 0.150. The molecule has 296 valence electrons. The van der Waals surface area contributed by atoms with E-state index < -0.39 is 5.89 Å². The van der Waals surface area contributed by atoms with E-state index in [0.29, 0.717) is 11.4 Å². The lowest BCUT2D eigenvalue weighted by Crippen LogP contribution is -2.12. The highest BCUT2D eigenvalue weighted by Crippen LogP contribution is 2.44. The fraction of sp³-hybridized carbons (Fsp3) is 0.236. The van der Waals surface area contributed by atoms with Crippen LogP contribution in [0.25, 0.3) is 72.7 Å². The lowest BCUT2D eigenvalue weighted by molar-refractivity contribution is 0.448. The van der Waals surface area contributed by atoms with Gasteiger partial charge in [0.25, 0.3) is 0 Å². The number of hydrogen-bond acceptors (Lipinski definition) is 3. The Bertz CT molecular complexity index is 2880. The molecule has 0 saturated heterocycles. The Hall–Kier alpha value is -6.26. The number of fused-ring (bicyclic) bond motifs is 1. The molecule has 2 heterocycles. The van der Waals surface area contributed by atoms with Crippen LogP contribution in [-0.2, 0) is 10.8 Å². The maximum atomic E-state index is 12.2. The van der Waals surface area contributed by atoms with E-state index in [-0.39, 0.29) is 16.6 Å². The molecule has 6 aromatic carbocycles. The number of pyridine rings is 1. The van der Waals surface area contributed by atoms with E-state index >= 15 is 0 Å². The SMILES string of the molecule is [2H]C(C)(C)c1ccc(-c2ccnc(-c3cc(-c4cccc5c4nc(-c4cc(C)cc(C(C)(C)C)c4O)n5-c4ccc(C)cc4-c4ccccc4)cc(C(C)(C)C)c3)c2)cc1. The van der Waals surface area contributed by atoms with Crippen molar-refractivity contribution in [1.82, 2.24) is 14.5 Å². The highest BCUT2D eigenvalue weighted by Gasteiger charge is 2.27. The van der Waals surface area contributed by atoms with Gasteiger partial charge in [-0.05, 0) is 118 Å². The van der Waals surface area contributed by atoms with Crippen molar-refractivity contribution in [2.45, 2.75) is 86.0 Å². The van der Waals surface area contributed by atoms with Crippen LogP contribution in [0.2, 0.25) is 0 Å². The molecule has 0 radical (unpaired) electrons. The van der Waals surface area contributed by atoms with Crippen molar-refractivity contribution in [2.24, 2.45) is 0 Å². The molecule has 0 fully saturated rings. The molecule has 8 rings (SSSR count). The average Bonchev–Trinajstić information content (AvgIpc) is 3.60. The maximum absolute atomic E-state index is 12.2. The molecule has 8 aromatic rings. The number of para-hydroxylation sites is 1. The first-order valence-corrected chi connectivity index (χ1v) is 20.6. The van der Waals surface area contributed by atoms with Crippen molar-refractivity contribution in [3.05, 3.63) is 167 Å². The van der Waals surface area contributed by atoms with Gasteiger partial charge in [0.05, 0.1) is 28.0 Å². The molecular weight excluding hydrogens is 719 g/mol. The minimum Gasteiger partial charge on any atom is -0.507 e. The maximum Gasteiger partial charge on any atom is 0.149 e. The van der Waals surface area contributed by atoms with Crippen LogP contribution in [0.5, 0.6) is 5.75 Å². The molecule has 1 N–H and O–H groups in total. The third-order valence-electron chi connectivity index (χ3n) is 11.4. The molecular formula is C55H55N3O. The lowest BCUT2D eigenvalue weighted by Gasteiger charge is -2.23. The molecule has 4 heteroatoms. The van der Waals surface area contributed by atoms with Gasteiger partial charge in [-0.25, -0.2) is 4.98 Å². The molecule has 59 heavy (non-hydrogen) atoms. The fourth-order valence-corrected chi connectivity index (χ4v) is 8.10. The quantitative estimate of drug-likeness (QED) is 0.175. The highest BCUT2D eigenvalue weighted by molar-refractivity contribution is 5.98. The van der Waals surface area contributed by atoms with E-state index in [2.05, 4.69) is 181 Å². The molecule has 2 aromatic heterocycles. The van der Waals surface area contributed by atoms with E-state index in [0.717, 1.165) is 83.6 Å². The Balaban J connectivity index is 1.38. The number of phenols is 1. The van der Waals surface area contributed by atoms with Gasteiger partial charge in [0.1, 0.15) is 11.6 Å². The fourth-order valence-electron chi connectivity index (χ4n) is 8.10. The zero-order valence-corrected chi connectivity index (χ0v) is 36.1. The second-order valence-corrected chi connectivity index (χ2v) is 18.3. The second-order valence-electron chi connectivity index (χ2n) is 18.3. The first kappa shape index (κ1) is 38.3. The van der Waals surface area contributed by atoms with Crippen LogP contribution in [0.15, 0.2) is 140 Å². The Kier molecular flexibility index (Phi) is 9.83. The summed E-state index contributed by atoms with van der Waals surface area (Å²) in [6.07, 6.45) is 1.89. The van der Waals surface area contributed by atoms with Crippen LogP contribution < -0.4 is 0 Å². The summed E-state index contributed by atoms with van der Waals surface area (Å²) in [7, 11) is 0. The van der Waals surface area contributed by atoms with Crippen LogP contribution in [0.3, 0.4) is 0 Å². The highest BCUT2D eigenvalue weighted by atomic mass is 16.3. The Labute approximate surface area is 351 Å². The second kappa shape index (κ2) is 15.2. The van der Waals surface area contributed by atoms with Crippen LogP contribution in [-0.4, -0.2) is 19.6 Å². The summed E-state index contributed by atoms with van der Waals surface area (Å²) < 4.78 is 10.7. The van der Waals surface area contributed by atoms with E-state index in [9.17, 15) is 5.11 Å². The predicted molar refractivity (Wildman–Crippen MR) is 249 cm³/mol. The molecule has 0 bridgehead atoms. The van der Waals surface area contributed by atoms with Crippen LogP contribution in [0.4, 0.5) is 0 Å². The van der Waals surface area contributed by atoms with Gasteiger partial charge in [0.2, 0.25) is 0 Å². The number of hydrogen-bond donors (Lipinski definition) is 1. The molecule has 0 saturated carbocycles. The van der Waals surface area contributed by atoms with E-state index in [1.54, 1.807) is 0 Å². The molecule has 0 spiro atoms. The molecule has 4 nitrogen and oxygen atoms in total. The predicted octanol–water partition coefficient (Wildman–Crippen LogP) is 14.8. The minimum atomic E-state index is -0.661. The summed E-state index contributed by atoms with van der Waals surface area (Å²) in [4.78, 5) is 10.5. The normalized spacial score (nSPS) is 12.5. The molecule has 0 unspecified atom stereocenters. The summed E-state index contributed by atoms with van der Waals surface area (Å²) >= 11 is 0. The average molecular weight is 775 g/mol. The third kappa shape index (κ3) is 7.72. The number of phenolic OH excluding ortho intramolecular Hbond substituents is 1. The van der Waals surface area contributed by atoms with Gasteiger partial charge in [0.15, 0.2) is 0 Å². The number of nitrogens with zero attached hydrogens (tertiary/aromatic N) is 3. The number of aryl methyl sites for hydroxylation is 2. The van der Waals surface area contributed by atoms with Gasteiger partial charge in [-0.3, -0.25) is 9.55 Å². The summed E-state index contributed by atoms with van der Waals surface area (Å²) in [5.74, 6) is 0.276. The van der Waals surface area contributed by atoms with Gasteiger partial charge in [0, 0.05) is 29.8 Å². The summed E-state index contributed by atoms with van der Waals surface area (Å²) in [5.41, 5.74) is 16.6. The van der Waals surface area contributed by atoms with Gasteiger partial charge in [-0.15, -0.1) is 0 Å². The van der Waals surface area contributed by atoms with Crippen molar-refractivity contribution < 1.29 is 6.48 Å². The zero-order chi connectivity index (χ0) is 42.7. The van der Waals surface area contributed by atoms with Crippen LogP contribution >= 0.6 is 0 Å². The molecule has 0 aliphatic carbocycles. The van der Waals surface area contributed by atoms with Crippen molar-refractivity contribution in [2.75, 3.05) is 0 Å². The number of imidazole rings is 1. The zero-order valence-electron chi connectivity index (χ0n) is 37.1. The smallest absolute Gasteiger partial charge is 0.149 e. The molecule has 0 aliphatic rings. The summed E-state index contributed by atoms with van der Waals surface area (Å²) in [6.45, 7) is 21.2. The van der Waals surface area contributed by atoms with Crippen LogP contribution in [0.1, 0.15) is 90.5 Å². The number of rotatable bonds is 7. The molecule has 0 amide bonds. The Morgan fingerprint density at radius 2 is 1.31 bits per heavy atom. The summed E-state index contributed by atoms with van der Waals surface area (Å²) in [5, 5.41) is 12.2. The first-order valence-electron chi connectivity index (χ1n) is 21.1. The number of benzene rings is 6. The summed E-state index contributed by atoms with van der Waals surface area (Å²) in [6, 6.07) is 47.0. The molecule has 0 aliphatic heterocycles. The van der Waals surface area contributed by atoms with Gasteiger partial charge in [-0.1, -0.05) is 146 Å². The van der Waals surface area contributed by atoms with E-state index in [4.69, 9.17) is 11.3 Å². The third-order valence-corrected chi connectivity index (χ3v) is 11.4. The molecule has 0 atom stereocenters.